The van der Waals surface area contributed by atoms with Gasteiger partial charge < -0.3 is 15.2 Å². The smallest absolute Gasteiger partial charge is 0.410 e. The molecule has 110 valence electrons. The number of carbonyl (C=O) groups excluding carboxylic acids is 1. The Labute approximate surface area is 115 Å². The fourth-order valence-corrected chi connectivity index (χ4v) is 3.16. The minimum atomic E-state index is -0.847. The third kappa shape index (κ3) is 3.03. The number of carbonyl (C=O) groups is 1. The lowest BCUT2D eigenvalue weighted by Gasteiger charge is -2.45. The van der Waals surface area contributed by atoms with Crippen LogP contribution in [0.15, 0.2) is 0 Å². The van der Waals surface area contributed by atoms with E-state index in [0.29, 0.717) is 0 Å². The van der Waals surface area contributed by atoms with Crippen molar-refractivity contribution >= 4 is 6.09 Å². The molecule has 2 N–H and O–H groups in total. The van der Waals surface area contributed by atoms with Crippen LogP contribution in [-0.2, 0) is 4.74 Å². The van der Waals surface area contributed by atoms with E-state index in [0.717, 1.165) is 19.4 Å². The number of hydrogen-bond acceptors (Lipinski definition) is 4. The lowest BCUT2D eigenvalue weighted by atomic mass is 9.90. The molecule has 5 heteroatoms. The Bertz CT molecular complexity index is 357. The van der Waals surface area contributed by atoms with Crippen LogP contribution in [0.2, 0.25) is 0 Å². The van der Waals surface area contributed by atoms with Gasteiger partial charge in [0.25, 0.3) is 0 Å². The van der Waals surface area contributed by atoms with Crippen LogP contribution < -0.4 is 5.32 Å². The standard InChI is InChI=1S/C14H26N2O3/c1-13(2,3)19-12(17)16-9-6-7-10(16)11(15-8-9)14(4,5)18/h9-11,15,18H,6-8H2,1-5H3/t9-,10+,11+/m1/s1. The highest BCUT2D eigenvalue weighted by atomic mass is 16.6. The molecular weight excluding hydrogens is 244 g/mol. The van der Waals surface area contributed by atoms with Crippen molar-refractivity contribution in [3.63, 3.8) is 0 Å². The van der Waals surface area contributed by atoms with Gasteiger partial charge in [0.15, 0.2) is 0 Å². The van der Waals surface area contributed by atoms with Crippen molar-refractivity contribution in [2.75, 3.05) is 6.54 Å². The quantitative estimate of drug-likeness (QED) is 0.758. The van der Waals surface area contributed by atoms with Crippen LogP contribution in [0, 0.1) is 0 Å². The third-order valence-corrected chi connectivity index (χ3v) is 3.87. The van der Waals surface area contributed by atoms with E-state index in [2.05, 4.69) is 5.32 Å². The van der Waals surface area contributed by atoms with Gasteiger partial charge in [0.2, 0.25) is 0 Å². The molecule has 0 saturated carbocycles. The fourth-order valence-electron chi connectivity index (χ4n) is 3.16. The van der Waals surface area contributed by atoms with Crippen LogP contribution in [0.25, 0.3) is 0 Å². The molecule has 2 aliphatic heterocycles. The topological polar surface area (TPSA) is 61.8 Å². The molecule has 0 radical (unpaired) electrons. The fraction of sp³-hybridized carbons (Fsp3) is 0.929. The predicted molar refractivity (Wildman–Crippen MR) is 73.0 cm³/mol. The Kier molecular flexibility index (Phi) is 3.56. The molecule has 2 aliphatic rings. The highest BCUT2D eigenvalue weighted by molar-refractivity contribution is 5.70. The largest absolute Gasteiger partial charge is 0.444 e. The van der Waals surface area contributed by atoms with Gasteiger partial charge in [-0.05, 0) is 47.5 Å². The summed E-state index contributed by atoms with van der Waals surface area (Å²) in [6, 6.07) is 0.116. The van der Waals surface area contributed by atoms with E-state index in [4.69, 9.17) is 4.74 Å². The highest BCUT2D eigenvalue weighted by Crippen LogP contribution is 2.34. The van der Waals surface area contributed by atoms with Crippen LogP contribution in [-0.4, -0.2) is 52.0 Å². The Hall–Kier alpha value is -0.810. The van der Waals surface area contributed by atoms with Crippen molar-refractivity contribution < 1.29 is 14.6 Å². The van der Waals surface area contributed by atoms with Gasteiger partial charge in [-0.25, -0.2) is 4.79 Å². The van der Waals surface area contributed by atoms with Crippen LogP contribution in [0.4, 0.5) is 4.79 Å². The summed E-state index contributed by atoms with van der Waals surface area (Å²) in [5.74, 6) is 0. The summed E-state index contributed by atoms with van der Waals surface area (Å²) in [6.07, 6.45) is 1.64. The van der Waals surface area contributed by atoms with Gasteiger partial charge in [0.05, 0.1) is 17.7 Å². The molecule has 0 aromatic heterocycles. The Morgan fingerprint density at radius 1 is 1.26 bits per heavy atom. The number of nitrogens with one attached hydrogen (secondary N) is 1. The third-order valence-electron chi connectivity index (χ3n) is 3.87. The zero-order chi connectivity index (χ0) is 14.4. The van der Waals surface area contributed by atoms with E-state index < -0.39 is 11.2 Å². The Morgan fingerprint density at radius 2 is 1.89 bits per heavy atom. The van der Waals surface area contributed by atoms with Crippen LogP contribution in [0.5, 0.6) is 0 Å². The van der Waals surface area contributed by atoms with E-state index in [1.807, 2.05) is 25.7 Å². The lowest BCUT2D eigenvalue weighted by Crippen LogP contribution is -2.66. The number of fused-ring (bicyclic) bond motifs is 2. The summed E-state index contributed by atoms with van der Waals surface area (Å²) >= 11 is 0. The van der Waals surface area contributed by atoms with Crippen molar-refractivity contribution in [2.45, 2.75) is 76.8 Å². The zero-order valence-corrected chi connectivity index (χ0v) is 12.6. The molecule has 2 bridgehead atoms. The van der Waals surface area contributed by atoms with Crippen LogP contribution in [0.3, 0.4) is 0 Å². The van der Waals surface area contributed by atoms with Gasteiger partial charge in [-0.1, -0.05) is 0 Å². The van der Waals surface area contributed by atoms with E-state index >= 15 is 0 Å². The molecule has 1 amide bonds. The number of amides is 1. The molecule has 5 nitrogen and oxygen atoms in total. The first-order valence-electron chi connectivity index (χ1n) is 7.06. The summed E-state index contributed by atoms with van der Waals surface area (Å²) in [5.41, 5.74) is -1.33. The molecule has 0 unspecified atom stereocenters. The Morgan fingerprint density at radius 3 is 2.42 bits per heavy atom. The monoisotopic (exact) mass is 270 g/mol. The molecule has 2 rings (SSSR count). The van der Waals surface area contributed by atoms with Crippen molar-refractivity contribution in [3.8, 4) is 0 Å². The maximum atomic E-state index is 12.3. The molecule has 0 aromatic rings. The number of hydrogen-bond donors (Lipinski definition) is 2. The van der Waals surface area contributed by atoms with E-state index in [-0.39, 0.29) is 24.2 Å². The second-order valence-electron chi connectivity index (χ2n) is 7.23. The van der Waals surface area contributed by atoms with Crippen molar-refractivity contribution in [1.29, 1.82) is 0 Å². The van der Waals surface area contributed by atoms with Crippen molar-refractivity contribution in [1.82, 2.24) is 10.2 Å². The van der Waals surface area contributed by atoms with Gasteiger partial charge in [-0.2, -0.15) is 0 Å². The summed E-state index contributed by atoms with van der Waals surface area (Å²) in [6.45, 7) is 9.94. The molecule has 2 heterocycles. The molecule has 2 saturated heterocycles. The SMILES string of the molecule is CC(C)(C)OC(=O)N1[C@@H]2CC[C@H]1[C@@H](C(C)(C)O)NC2. The van der Waals surface area contributed by atoms with Gasteiger partial charge in [0, 0.05) is 12.6 Å². The first kappa shape index (κ1) is 14.6. The zero-order valence-electron chi connectivity index (χ0n) is 12.6. The normalized spacial score (nSPS) is 31.5. The van der Waals surface area contributed by atoms with E-state index in [1.165, 1.54) is 0 Å². The van der Waals surface area contributed by atoms with Gasteiger partial charge in [-0.3, -0.25) is 4.90 Å². The second-order valence-corrected chi connectivity index (χ2v) is 7.23. The summed E-state index contributed by atoms with van der Waals surface area (Å²) in [4.78, 5) is 14.2. The molecule has 0 spiro atoms. The van der Waals surface area contributed by atoms with E-state index in [9.17, 15) is 9.90 Å². The maximum Gasteiger partial charge on any atom is 0.410 e. The number of ether oxygens (including phenoxy) is 1. The minimum absolute atomic E-state index is 0.0219. The molecule has 3 atom stereocenters. The number of nitrogens with zero attached hydrogens (tertiary/aromatic N) is 1. The average Bonchev–Trinajstić information content (AvgIpc) is 2.47. The summed E-state index contributed by atoms with van der Waals surface area (Å²) in [7, 11) is 0. The molecule has 0 aromatic carbocycles. The van der Waals surface area contributed by atoms with Crippen LogP contribution >= 0.6 is 0 Å². The molecule has 2 fully saturated rings. The molecular formula is C14H26N2O3. The number of piperazine rings is 1. The lowest BCUT2D eigenvalue weighted by molar-refractivity contribution is -0.0331. The van der Waals surface area contributed by atoms with Crippen molar-refractivity contribution in [3.05, 3.63) is 0 Å². The van der Waals surface area contributed by atoms with Gasteiger partial charge in [0.1, 0.15) is 5.60 Å². The second kappa shape index (κ2) is 4.63. The average molecular weight is 270 g/mol. The van der Waals surface area contributed by atoms with Crippen molar-refractivity contribution in [2.24, 2.45) is 0 Å². The molecule has 0 aliphatic carbocycles. The number of rotatable bonds is 1. The van der Waals surface area contributed by atoms with Crippen LogP contribution in [0.1, 0.15) is 47.5 Å². The maximum absolute atomic E-state index is 12.3. The molecule has 19 heavy (non-hydrogen) atoms. The number of aliphatic hydroxyl groups is 1. The summed E-state index contributed by atoms with van der Waals surface area (Å²) < 4.78 is 5.50. The van der Waals surface area contributed by atoms with Gasteiger partial charge in [-0.15, -0.1) is 0 Å². The highest BCUT2D eigenvalue weighted by Gasteiger charge is 2.50. The summed E-state index contributed by atoms with van der Waals surface area (Å²) in [5, 5.41) is 13.6. The predicted octanol–water partition coefficient (Wildman–Crippen LogP) is 1.50. The first-order chi connectivity index (χ1) is 8.59. The first-order valence-corrected chi connectivity index (χ1v) is 7.06. The van der Waals surface area contributed by atoms with E-state index in [1.54, 1.807) is 13.8 Å². The van der Waals surface area contributed by atoms with Gasteiger partial charge >= 0.3 is 6.09 Å². The minimum Gasteiger partial charge on any atom is -0.444 e. The Balaban J connectivity index is 2.15.